The smallest absolute Gasteiger partial charge is 0.189 e. The minimum atomic E-state index is 0.188. The maximum absolute atomic E-state index is 5.64. The number of aromatic nitrogens is 3. The van der Waals surface area contributed by atoms with E-state index in [9.17, 15) is 0 Å². The van der Waals surface area contributed by atoms with Crippen LogP contribution in [-0.2, 0) is 0 Å². The molecule has 0 spiro atoms. The van der Waals surface area contributed by atoms with Crippen molar-refractivity contribution >= 4 is 49.7 Å². The minimum Gasteiger partial charge on any atom is -0.497 e. The summed E-state index contributed by atoms with van der Waals surface area (Å²) in [6.45, 7) is 0. The first-order chi connectivity index (χ1) is 10.2. The fourth-order valence-electron chi connectivity index (χ4n) is 1.80. The van der Waals surface area contributed by atoms with E-state index in [2.05, 4.69) is 20.3 Å². The molecule has 0 unspecified atom stereocenters. The molecule has 3 N–H and O–H groups in total. The molecule has 1 aromatic carbocycles. The van der Waals surface area contributed by atoms with Gasteiger partial charge in [-0.15, -0.1) is 0 Å². The zero-order valence-electron chi connectivity index (χ0n) is 11.0. The van der Waals surface area contributed by atoms with Crippen molar-refractivity contribution in [2.45, 2.75) is 0 Å². The summed E-state index contributed by atoms with van der Waals surface area (Å²) < 4.78 is 6.21. The number of nitrogens with two attached hydrogens (primary N) is 1. The van der Waals surface area contributed by atoms with E-state index in [0.717, 1.165) is 16.0 Å². The van der Waals surface area contributed by atoms with Gasteiger partial charge >= 0.3 is 0 Å². The first kappa shape index (κ1) is 13.7. The summed E-state index contributed by atoms with van der Waals surface area (Å²) in [6, 6.07) is 5.71. The van der Waals surface area contributed by atoms with Crippen molar-refractivity contribution in [3.05, 3.63) is 36.3 Å². The summed E-state index contributed by atoms with van der Waals surface area (Å²) in [5, 5.41) is 3.80. The molecule has 0 saturated carbocycles. The quantitative estimate of drug-likeness (QED) is 0.715. The molecule has 106 valence electrons. The Hall–Kier alpha value is -2.32. The highest BCUT2D eigenvalue weighted by Gasteiger charge is 2.11. The lowest BCUT2D eigenvalue weighted by molar-refractivity contribution is 0.415. The molecule has 0 aliphatic rings. The Morgan fingerprint density at radius 2 is 2.14 bits per heavy atom. The normalized spacial score (nSPS) is 10.5. The zero-order valence-corrected chi connectivity index (χ0v) is 12.7. The van der Waals surface area contributed by atoms with Crippen LogP contribution in [0, 0.1) is 0 Å². The SMILES string of the molecule is COc1ccc2nc(Nc3nccnc3C(N)=S)sc2c1. The highest BCUT2D eigenvalue weighted by molar-refractivity contribution is 7.80. The molecule has 0 radical (unpaired) electrons. The summed E-state index contributed by atoms with van der Waals surface area (Å²) in [4.78, 5) is 13.0. The van der Waals surface area contributed by atoms with E-state index < -0.39 is 0 Å². The van der Waals surface area contributed by atoms with Crippen molar-refractivity contribution < 1.29 is 4.74 Å². The van der Waals surface area contributed by atoms with Crippen molar-refractivity contribution in [2.75, 3.05) is 12.4 Å². The van der Waals surface area contributed by atoms with Gasteiger partial charge in [-0.05, 0) is 18.2 Å². The maximum atomic E-state index is 5.64. The topological polar surface area (TPSA) is 86.0 Å². The Labute approximate surface area is 130 Å². The molecule has 0 fully saturated rings. The number of methoxy groups -OCH3 is 1. The van der Waals surface area contributed by atoms with Gasteiger partial charge in [-0.2, -0.15) is 0 Å². The van der Waals surface area contributed by atoms with E-state index in [1.807, 2.05) is 18.2 Å². The van der Waals surface area contributed by atoms with E-state index in [-0.39, 0.29) is 4.99 Å². The Morgan fingerprint density at radius 1 is 1.33 bits per heavy atom. The van der Waals surface area contributed by atoms with Crippen molar-refractivity contribution in [1.29, 1.82) is 0 Å². The molecule has 0 bridgehead atoms. The predicted octanol–water partition coefficient (Wildman–Crippen LogP) is 2.47. The van der Waals surface area contributed by atoms with Gasteiger partial charge in [-0.25, -0.2) is 15.0 Å². The molecular weight excluding hydrogens is 306 g/mol. The van der Waals surface area contributed by atoms with Crippen LogP contribution < -0.4 is 15.8 Å². The Bertz CT molecular complexity index is 817. The van der Waals surface area contributed by atoms with Crippen molar-refractivity contribution in [3.63, 3.8) is 0 Å². The van der Waals surface area contributed by atoms with E-state index in [1.54, 1.807) is 19.5 Å². The van der Waals surface area contributed by atoms with Crippen LogP contribution in [-0.4, -0.2) is 27.1 Å². The number of benzene rings is 1. The van der Waals surface area contributed by atoms with Gasteiger partial charge in [-0.1, -0.05) is 23.6 Å². The number of rotatable bonds is 4. The van der Waals surface area contributed by atoms with Gasteiger partial charge in [0.25, 0.3) is 0 Å². The zero-order chi connectivity index (χ0) is 14.8. The van der Waals surface area contributed by atoms with Gasteiger partial charge in [-0.3, -0.25) is 0 Å². The summed E-state index contributed by atoms with van der Waals surface area (Å²) >= 11 is 6.45. The summed E-state index contributed by atoms with van der Waals surface area (Å²) in [7, 11) is 1.63. The van der Waals surface area contributed by atoms with Gasteiger partial charge in [0.1, 0.15) is 16.4 Å². The highest BCUT2D eigenvalue weighted by atomic mass is 32.1. The lowest BCUT2D eigenvalue weighted by Gasteiger charge is -2.05. The molecule has 2 heterocycles. The van der Waals surface area contributed by atoms with E-state index in [0.29, 0.717) is 16.6 Å². The Balaban J connectivity index is 1.97. The second-order valence-corrected chi connectivity index (χ2v) is 5.57. The highest BCUT2D eigenvalue weighted by Crippen LogP contribution is 2.30. The molecule has 0 aliphatic carbocycles. The van der Waals surface area contributed by atoms with Crippen LogP contribution in [0.2, 0.25) is 0 Å². The number of hydrogen-bond donors (Lipinski definition) is 2. The fourth-order valence-corrected chi connectivity index (χ4v) is 2.84. The number of nitrogens with one attached hydrogen (secondary N) is 1. The van der Waals surface area contributed by atoms with Crippen LogP contribution in [0.5, 0.6) is 5.75 Å². The van der Waals surface area contributed by atoms with Gasteiger partial charge in [0.2, 0.25) is 0 Å². The lowest BCUT2D eigenvalue weighted by atomic mass is 10.3. The number of anilines is 2. The third kappa shape index (κ3) is 2.76. The van der Waals surface area contributed by atoms with E-state index in [4.69, 9.17) is 22.7 Å². The first-order valence-corrected chi connectivity index (χ1v) is 7.22. The Kier molecular flexibility index (Phi) is 3.63. The summed E-state index contributed by atoms with van der Waals surface area (Å²) in [5.41, 5.74) is 6.96. The van der Waals surface area contributed by atoms with Crippen molar-refractivity contribution in [3.8, 4) is 5.75 Å². The minimum absolute atomic E-state index is 0.188. The van der Waals surface area contributed by atoms with Crippen molar-refractivity contribution in [2.24, 2.45) is 5.73 Å². The van der Waals surface area contributed by atoms with Crippen LogP contribution >= 0.6 is 23.6 Å². The summed E-state index contributed by atoms with van der Waals surface area (Å²) in [5.74, 6) is 1.29. The van der Waals surface area contributed by atoms with Crippen LogP contribution in [0.15, 0.2) is 30.6 Å². The number of hydrogen-bond acceptors (Lipinski definition) is 7. The molecule has 0 saturated heterocycles. The molecule has 2 aromatic heterocycles. The number of ether oxygens (including phenoxy) is 1. The third-order valence-corrected chi connectivity index (χ3v) is 3.88. The van der Waals surface area contributed by atoms with Crippen LogP contribution in [0.3, 0.4) is 0 Å². The molecule has 21 heavy (non-hydrogen) atoms. The number of thiocarbonyl (C=S) groups is 1. The van der Waals surface area contributed by atoms with E-state index in [1.165, 1.54) is 11.3 Å². The van der Waals surface area contributed by atoms with Crippen LogP contribution in [0.4, 0.5) is 10.9 Å². The Morgan fingerprint density at radius 3 is 2.90 bits per heavy atom. The first-order valence-electron chi connectivity index (χ1n) is 6.00. The maximum Gasteiger partial charge on any atom is 0.189 e. The molecule has 3 rings (SSSR count). The average molecular weight is 317 g/mol. The predicted molar refractivity (Wildman–Crippen MR) is 87.4 cm³/mol. The van der Waals surface area contributed by atoms with Crippen molar-refractivity contribution in [1.82, 2.24) is 15.0 Å². The molecule has 0 amide bonds. The molecule has 6 nitrogen and oxygen atoms in total. The number of fused-ring (bicyclic) bond motifs is 1. The number of thiazole rings is 1. The van der Waals surface area contributed by atoms with Crippen LogP contribution in [0.25, 0.3) is 10.2 Å². The summed E-state index contributed by atoms with van der Waals surface area (Å²) in [6.07, 6.45) is 3.11. The average Bonchev–Trinajstić information content (AvgIpc) is 2.88. The van der Waals surface area contributed by atoms with Gasteiger partial charge in [0.15, 0.2) is 10.9 Å². The second-order valence-electron chi connectivity index (χ2n) is 4.10. The molecule has 0 aliphatic heterocycles. The van der Waals surface area contributed by atoms with Gasteiger partial charge in [0, 0.05) is 12.4 Å². The van der Waals surface area contributed by atoms with Crippen LogP contribution in [0.1, 0.15) is 5.69 Å². The standard InChI is InChI=1S/C13H11N5OS2/c1-19-7-2-3-8-9(6-7)21-13(17-8)18-12-10(11(14)20)15-4-5-16-12/h2-6H,1H3,(H2,14,20)(H,16,17,18). The second kappa shape index (κ2) is 5.58. The van der Waals surface area contributed by atoms with Gasteiger partial charge in [0.05, 0.1) is 17.3 Å². The fraction of sp³-hybridized carbons (Fsp3) is 0.0769. The largest absolute Gasteiger partial charge is 0.497 e. The third-order valence-electron chi connectivity index (χ3n) is 2.75. The lowest BCUT2D eigenvalue weighted by Crippen LogP contribution is -2.14. The van der Waals surface area contributed by atoms with Gasteiger partial charge < -0.3 is 15.8 Å². The molecule has 0 atom stereocenters. The monoisotopic (exact) mass is 317 g/mol. The molecule has 3 aromatic rings. The molecule has 8 heteroatoms. The number of nitrogens with zero attached hydrogens (tertiary/aromatic N) is 3. The molecular formula is C13H11N5OS2. The van der Waals surface area contributed by atoms with E-state index >= 15 is 0 Å².